The molecule has 0 amide bonds. The number of benzene rings is 1. The maximum absolute atomic E-state index is 12.4. The topological polar surface area (TPSA) is 58.6 Å². The predicted octanol–water partition coefficient (Wildman–Crippen LogP) is 0.678. The second kappa shape index (κ2) is 5.26. The van der Waals surface area contributed by atoms with Gasteiger partial charge in [0.2, 0.25) is 10.0 Å². The minimum Gasteiger partial charge on any atom is -0.497 e. The fourth-order valence-electron chi connectivity index (χ4n) is 2.08. The summed E-state index contributed by atoms with van der Waals surface area (Å²) >= 11 is 0. The van der Waals surface area contributed by atoms with Crippen LogP contribution in [-0.2, 0) is 10.0 Å². The molecular weight excluding hydrogens is 252 g/mol. The molecule has 0 aliphatic carbocycles. The fraction of sp³-hybridized carbons (Fsp3) is 0.500. The minimum atomic E-state index is -3.37. The molecule has 0 aromatic heterocycles. The van der Waals surface area contributed by atoms with E-state index in [2.05, 4.69) is 5.32 Å². The van der Waals surface area contributed by atoms with Crippen molar-refractivity contribution in [2.45, 2.75) is 17.4 Å². The van der Waals surface area contributed by atoms with Gasteiger partial charge in [-0.1, -0.05) is 0 Å². The SMILES string of the molecule is CNC1CCN(S(=O)(=O)c2ccc(OC)cc2)C1. The summed E-state index contributed by atoms with van der Waals surface area (Å²) in [5.41, 5.74) is 0. The molecule has 1 aliphatic heterocycles. The van der Waals surface area contributed by atoms with Crippen LogP contribution >= 0.6 is 0 Å². The molecule has 6 heteroatoms. The Morgan fingerprint density at radius 1 is 1.33 bits per heavy atom. The van der Waals surface area contributed by atoms with Gasteiger partial charge in [-0.3, -0.25) is 0 Å². The van der Waals surface area contributed by atoms with E-state index in [0.717, 1.165) is 6.42 Å². The van der Waals surface area contributed by atoms with Crippen molar-refractivity contribution < 1.29 is 13.2 Å². The number of hydrogen-bond acceptors (Lipinski definition) is 4. The first-order valence-corrected chi connectivity index (χ1v) is 7.33. The van der Waals surface area contributed by atoms with Crippen LogP contribution < -0.4 is 10.1 Å². The highest BCUT2D eigenvalue weighted by molar-refractivity contribution is 7.89. The summed E-state index contributed by atoms with van der Waals surface area (Å²) in [6.07, 6.45) is 0.853. The number of nitrogens with one attached hydrogen (secondary N) is 1. The van der Waals surface area contributed by atoms with Gasteiger partial charge in [0.05, 0.1) is 12.0 Å². The Morgan fingerprint density at radius 3 is 2.50 bits per heavy atom. The Morgan fingerprint density at radius 2 is 2.00 bits per heavy atom. The van der Waals surface area contributed by atoms with Crippen LogP contribution in [0.2, 0.25) is 0 Å². The predicted molar refractivity (Wildman–Crippen MR) is 69.2 cm³/mol. The average Bonchev–Trinajstić information content (AvgIpc) is 2.88. The smallest absolute Gasteiger partial charge is 0.243 e. The van der Waals surface area contributed by atoms with Crippen LogP contribution in [0, 0.1) is 0 Å². The molecule has 1 N–H and O–H groups in total. The average molecular weight is 270 g/mol. The lowest BCUT2D eigenvalue weighted by Gasteiger charge is -2.16. The number of sulfonamides is 1. The largest absolute Gasteiger partial charge is 0.497 e. The van der Waals surface area contributed by atoms with E-state index in [1.54, 1.807) is 31.4 Å². The Bertz CT molecular complexity index is 499. The molecule has 1 aliphatic rings. The maximum Gasteiger partial charge on any atom is 0.243 e. The Hall–Kier alpha value is -1.11. The van der Waals surface area contributed by atoms with Crippen LogP contribution in [-0.4, -0.2) is 46.0 Å². The highest BCUT2D eigenvalue weighted by atomic mass is 32.2. The molecule has 1 fully saturated rings. The molecule has 1 atom stereocenters. The molecule has 1 aromatic carbocycles. The molecule has 0 saturated carbocycles. The summed E-state index contributed by atoms with van der Waals surface area (Å²) in [6, 6.07) is 6.75. The van der Waals surface area contributed by atoms with E-state index in [0.29, 0.717) is 23.7 Å². The van der Waals surface area contributed by atoms with E-state index < -0.39 is 10.0 Å². The summed E-state index contributed by atoms with van der Waals surface area (Å²) in [5, 5.41) is 3.11. The van der Waals surface area contributed by atoms with Gasteiger partial charge in [0.15, 0.2) is 0 Å². The van der Waals surface area contributed by atoms with Crippen LogP contribution in [0.3, 0.4) is 0 Å². The molecule has 0 spiro atoms. The van der Waals surface area contributed by atoms with Gasteiger partial charge in [-0.05, 0) is 37.7 Å². The number of ether oxygens (including phenoxy) is 1. The summed E-state index contributed by atoms with van der Waals surface area (Å²) < 4.78 is 31.3. The van der Waals surface area contributed by atoms with Crippen LogP contribution in [0.25, 0.3) is 0 Å². The molecule has 100 valence electrons. The van der Waals surface area contributed by atoms with Crippen molar-refractivity contribution in [2.24, 2.45) is 0 Å². The van der Waals surface area contributed by atoms with Crippen molar-refractivity contribution in [2.75, 3.05) is 27.2 Å². The van der Waals surface area contributed by atoms with Gasteiger partial charge < -0.3 is 10.1 Å². The van der Waals surface area contributed by atoms with Gasteiger partial charge in [-0.2, -0.15) is 4.31 Å². The van der Waals surface area contributed by atoms with Crippen molar-refractivity contribution in [3.63, 3.8) is 0 Å². The number of rotatable bonds is 4. The summed E-state index contributed by atoms with van der Waals surface area (Å²) in [4.78, 5) is 0.319. The van der Waals surface area contributed by atoms with Crippen molar-refractivity contribution in [3.05, 3.63) is 24.3 Å². The highest BCUT2D eigenvalue weighted by Crippen LogP contribution is 2.22. The van der Waals surface area contributed by atoms with Gasteiger partial charge in [-0.15, -0.1) is 0 Å². The number of nitrogens with zero attached hydrogens (tertiary/aromatic N) is 1. The Balaban J connectivity index is 2.20. The van der Waals surface area contributed by atoms with Crippen LogP contribution in [0.4, 0.5) is 0 Å². The third-order valence-electron chi connectivity index (χ3n) is 3.26. The van der Waals surface area contributed by atoms with Gasteiger partial charge in [0, 0.05) is 19.1 Å². The zero-order valence-electron chi connectivity index (χ0n) is 10.6. The van der Waals surface area contributed by atoms with E-state index in [9.17, 15) is 8.42 Å². The van der Waals surface area contributed by atoms with E-state index >= 15 is 0 Å². The molecule has 1 aromatic rings. The summed E-state index contributed by atoms with van der Waals surface area (Å²) in [5.74, 6) is 0.656. The highest BCUT2D eigenvalue weighted by Gasteiger charge is 2.31. The van der Waals surface area contributed by atoms with E-state index in [-0.39, 0.29) is 6.04 Å². The van der Waals surface area contributed by atoms with Gasteiger partial charge >= 0.3 is 0 Å². The molecule has 0 radical (unpaired) electrons. The summed E-state index contributed by atoms with van der Waals surface area (Å²) in [6.45, 7) is 1.10. The molecule has 2 rings (SSSR count). The molecule has 5 nitrogen and oxygen atoms in total. The Kier molecular flexibility index (Phi) is 3.89. The lowest BCUT2D eigenvalue weighted by Crippen LogP contribution is -2.33. The maximum atomic E-state index is 12.4. The zero-order valence-corrected chi connectivity index (χ0v) is 11.4. The molecule has 0 bridgehead atoms. The van der Waals surface area contributed by atoms with Crippen molar-refractivity contribution >= 4 is 10.0 Å². The van der Waals surface area contributed by atoms with E-state index in [1.165, 1.54) is 4.31 Å². The third-order valence-corrected chi connectivity index (χ3v) is 5.14. The first-order chi connectivity index (χ1) is 8.57. The van der Waals surface area contributed by atoms with E-state index in [4.69, 9.17) is 4.74 Å². The van der Waals surface area contributed by atoms with E-state index in [1.807, 2.05) is 7.05 Å². The lowest BCUT2D eigenvalue weighted by molar-refractivity contribution is 0.414. The normalized spacial score (nSPS) is 21.1. The quantitative estimate of drug-likeness (QED) is 0.874. The molecular formula is C12H18N2O3S. The standard InChI is InChI=1S/C12H18N2O3S/c1-13-10-7-8-14(9-10)18(15,16)12-5-3-11(17-2)4-6-12/h3-6,10,13H,7-9H2,1-2H3. The molecule has 1 heterocycles. The van der Waals surface area contributed by atoms with Crippen molar-refractivity contribution in [3.8, 4) is 5.75 Å². The Labute approximate surface area is 108 Å². The summed E-state index contributed by atoms with van der Waals surface area (Å²) in [7, 11) is 0.0434. The first kappa shape index (κ1) is 13.3. The van der Waals surface area contributed by atoms with Crippen LogP contribution in [0.5, 0.6) is 5.75 Å². The fourth-order valence-corrected chi connectivity index (χ4v) is 3.58. The minimum absolute atomic E-state index is 0.248. The molecule has 18 heavy (non-hydrogen) atoms. The molecule has 1 saturated heterocycles. The van der Waals surface area contributed by atoms with Gasteiger partial charge in [0.25, 0.3) is 0 Å². The van der Waals surface area contributed by atoms with Crippen molar-refractivity contribution in [1.82, 2.24) is 9.62 Å². The first-order valence-electron chi connectivity index (χ1n) is 5.89. The lowest BCUT2D eigenvalue weighted by atomic mass is 10.3. The second-order valence-electron chi connectivity index (χ2n) is 4.31. The van der Waals surface area contributed by atoms with Crippen LogP contribution in [0.15, 0.2) is 29.2 Å². The van der Waals surface area contributed by atoms with Crippen LogP contribution in [0.1, 0.15) is 6.42 Å². The second-order valence-corrected chi connectivity index (χ2v) is 6.25. The number of hydrogen-bond donors (Lipinski definition) is 1. The number of methoxy groups -OCH3 is 1. The monoisotopic (exact) mass is 270 g/mol. The zero-order chi connectivity index (χ0) is 13.2. The third kappa shape index (κ3) is 2.50. The van der Waals surface area contributed by atoms with Gasteiger partial charge in [0.1, 0.15) is 5.75 Å². The van der Waals surface area contributed by atoms with Gasteiger partial charge in [-0.25, -0.2) is 8.42 Å². The molecule has 1 unspecified atom stereocenters. The number of likely N-dealkylation sites (N-methyl/N-ethyl adjacent to an activating group) is 1. The van der Waals surface area contributed by atoms with Crippen molar-refractivity contribution in [1.29, 1.82) is 0 Å².